The van der Waals surface area contributed by atoms with Crippen molar-refractivity contribution in [1.82, 2.24) is 5.32 Å². The fourth-order valence-corrected chi connectivity index (χ4v) is 2.40. The molecule has 1 aliphatic rings. The van der Waals surface area contributed by atoms with Crippen molar-refractivity contribution in [2.24, 2.45) is 11.3 Å². The van der Waals surface area contributed by atoms with Crippen LogP contribution in [0, 0.1) is 22.7 Å². The van der Waals surface area contributed by atoms with E-state index in [4.69, 9.17) is 10.00 Å². The van der Waals surface area contributed by atoms with Crippen molar-refractivity contribution in [2.75, 3.05) is 6.54 Å². The van der Waals surface area contributed by atoms with Gasteiger partial charge >= 0.3 is 6.09 Å². The number of rotatable bonds is 4. The molecule has 4 nitrogen and oxygen atoms in total. The molecule has 1 atom stereocenters. The van der Waals surface area contributed by atoms with Crippen LogP contribution in [0.5, 0.6) is 0 Å². The highest BCUT2D eigenvalue weighted by molar-refractivity contribution is 5.67. The van der Waals surface area contributed by atoms with E-state index < -0.39 is 5.60 Å². The average Bonchev–Trinajstić information content (AvgIpc) is 2.18. The third-order valence-electron chi connectivity index (χ3n) is 3.75. The molecule has 0 heterocycles. The summed E-state index contributed by atoms with van der Waals surface area (Å²) in [6, 6.07) is 2.34. The summed E-state index contributed by atoms with van der Waals surface area (Å²) in [7, 11) is 0. The molecule has 0 radical (unpaired) electrons. The molecule has 18 heavy (non-hydrogen) atoms. The molecule has 1 rings (SSSR count). The van der Waals surface area contributed by atoms with E-state index in [2.05, 4.69) is 11.4 Å². The molecule has 0 bridgehead atoms. The number of amides is 1. The quantitative estimate of drug-likeness (QED) is 0.835. The molecule has 0 aromatic heterocycles. The van der Waals surface area contributed by atoms with Gasteiger partial charge in [0, 0.05) is 12.5 Å². The zero-order valence-corrected chi connectivity index (χ0v) is 11.9. The summed E-state index contributed by atoms with van der Waals surface area (Å²) in [6.07, 6.45) is 3.87. The molecule has 1 unspecified atom stereocenters. The maximum Gasteiger partial charge on any atom is 0.407 e. The minimum absolute atomic E-state index is 0.0617. The van der Waals surface area contributed by atoms with Crippen molar-refractivity contribution >= 4 is 6.09 Å². The molecule has 0 spiro atoms. The fourth-order valence-electron chi connectivity index (χ4n) is 2.40. The molecule has 0 aliphatic heterocycles. The molecule has 0 saturated heterocycles. The van der Waals surface area contributed by atoms with E-state index in [9.17, 15) is 4.79 Å². The van der Waals surface area contributed by atoms with Crippen LogP contribution in [0.25, 0.3) is 0 Å². The number of hydrogen-bond acceptors (Lipinski definition) is 3. The minimum Gasteiger partial charge on any atom is -0.444 e. The third-order valence-corrected chi connectivity index (χ3v) is 3.75. The first-order valence-corrected chi connectivity index (χ1v) is 6.65. The summed E-state index contributed by atoms with van der Waals surface area (Å²) >= 11 is 0. The first-order chi connectivity index (χ1) is 8.29. The van der Waals surface area contributed by atoms with Crippen LogP contribution in [0.3, 0.4) is 0 Å². The van der Waals surface area contributed by atoms with Crippen molar-refractivity contribution in [2.45, 2.75) is 59.0 Å². The summed E-state index contributed by atoms with van der Waals surface area (Å²) in [6.45, 7) is 8.10. The lowest BCUT2D eigenvalue weighted by Crippen LogP contribution is -2.40. The van der Waals surface area contributed by atoms with Crippen LogP contribution in [0.1, 0.15) is 53.4 Å². The van der Waals surface area contributed by atoms with E-state index in [0.29, 0.717) is 6.54 Å². The fraction of sp³-hybridized carbons (Fsp3) is 0.857. The minimum atomic E-state index is -0.460. The van der Waals surface area contributed by atoms with E-state index in [1.165, 1.54) is 6.42 Å². The highest BCUT2D eigenvalue weighted by Gasteiger charge is 2.41. The molecule has 1 fully saturated rings. The number of alkyl carbamates (subject to hydrolysis) is 1. The number of carbonyl (C=O) groups is 1. The second kappa shape index (κ2) is 5.60. The molecule has 1 N–H and O–H groups in total. The molecule has 1 saturated carbocycles. The first-order valence-electron chi connectivity index (χ1n) is 6.65. The van der Waals surface area contributed by atoms with Gasteiger partial charge in [-0.2, -0.15) is 5.26 Å². The summed E-state index contributed by atoms with van der Waals surface area (Å²) < 4.78 is 5.18. The number of nitrogens with one attached hydrogen (secondary N) is 1. The number of nitriles is 1. The Morgan fingerprint density at radius 3 is 2.50 bits per heavy atom. The van der Waals surface area contributed by atoms with Crippen LogP contribution in [0.15, 0.2) is 0 Å². The lowest BCUT2D eigenvalue weighted by Gasteiger charge is -2.44. The number of carbonyl (C=O) groups excluding carboxylic acids is 1. The summed E-state index contributed by atoms with van der Waals surface area (Å²) in [5.74, 6) is 0.0617. The maximum absolute atomic E-state index is 11.5. The Hall–Kier alpha value is -1.24. The maximum atomic E-state index is 11.5. The molecule has 0 aromatic carbocycles. The van der Waals surface area contributed by atoms with E-state index in [1.54, 1.807) is 0 Å². The lowest BCUT2D eigenvalue weighted by molar-refractivity contribution is 0.0469. The number of nitrogens with zero attached hydrogens (tertiary/aromatic N) is 1. The summed E-state index contributed by atoms with van der Waals surface area (Å²) in [4.78, 5) is 11.5. The van der Waals surface area contributed by atoms with E-state index in [1.807, 2.05) is 27.7 Å². The summed E-state index contributed by atoms with van der Waals surface area (Å²) in [5.41, 5.74) is -0.345. The monoisotopic (exact) mass is 252 g/mol. The van der Waals surface area contributed by atoms with Gasteiger partial charge in [0.1, 0.15) is 5.60 Å². The van der Waals surface area contributed by atoms with Crippen LogP contribution < -0.4 is 5.32 Å². The Kier molecular flexibility index (Phi) is 4.61. The second-order valence-electron chi connectivity index (χ2n) is 6.25. The zero-order valence-electron chi connectivity index (χ0n) is 11.9. The molecule has 0 aromatic rings. The third kappa shape index (κ3) is 3.90. The van der Waals surface area contributed by atoms with Gasteiger partial charge in [0.2, 0.25) is 0 Å². The van der Waals surface area contributed by atoms with Gasteiger partial charge in [-0.15, -0.1) is 0 Å². The van der Waals surface area contributed by atoms with Crippen molar-refractivity contribution in [3.63, 3.8) is 0 Å². The average molecular weight is 252 g/mol. The van der Waals surface area contributed by atoms with E-state index >= 15 is 0 Å². The van der Waals surface area contributed by atoms with Gasteiger partial charge in [-0.3, -0.25) is 0 Å². The molecule has 1 amide bonds. The first kappa shape index (κ1) is 14.8. The van der Waals surface area contributed by atoms with Crippen LogP contribution >= 0.6 is 0 Å². The smallest absolute Gasteiger partial charge is 0.407 e. The molecule has 4 heteroatoms. The molecule has 102 valence electrons. The molecular weight excluding hydrogens is 228 g/mol. The van der Waals surface area contributed by atoms with Gasteiger partial charge in [0.15, 0.2) is 0 Å². The normalized spacial score (nSPS) is 19.3. The van der Waals surface area contributed by atoms with Crippen LogP contribution in [0.2, 0.25) is 0 Å². The SMILES string of the molecule is CC(C#N)C1(CCNC(=O)OC(C)(C)C)CCC1. The van der Waals surface area contributed by atoms with Gasteiger partial charge in [-0.05, 0) is 52.4 Å². The van der Waals surface area contributed by atoms with Crippen molar-refractivity contribution < 1.29 is 9.53 Å². The van der Waals surface area contributed by atoms with Crippen LogP contribution in [-0.4, -0.2) is 18.2 Å². The Labute approximate surface area is 110 Å². The van der Waals surface area contributed by atoms with Crippen LogP contribution in [0.4, 0.5) is 4.79 Å². The highest BCUT2D eigenvalue weighted by Crippen LogP contribution is 2.49. The van der Waals surface area contributed by atoms with E-state index in [-0.39, 0.29) is 17.4 Å². The molecule has 1 aliphatic carbocycles. The van der Waals surface area contributed by atoms with Gasteiger partial charge in [-0.1, -0.05) is 6.42 Å². The van der Waals surface area contributed by atoms with Crippen LogP contribution in [-0.2, 0) is 4.74 Å². The predicted molar refractivity (Wildman–Crippen MR) is 69.9 cm³/mol. The van der Waals surface area contributed by atoms with Gasteiger partial charge in [0.05, 0.1) is 6.07 Å². The number of hydrogen-bond donors (Lipinski definition) is 1. The Morgan fingerprint density at radius 2 is 2.11 bits per heavy atom. The van der Waals surface area contributed by atoms with Crippen molar-refractivity contribution in [1.29, 1.82) is 5.26 Å². The second-order valence-corrected chi connectivity index (χ2v) is 6.25. The van der Waals surface area contributed by atoms with Crippen molar-refractivity contribution in [3.05, 3.63) is 0 Å². The largest absolute Gasteiger partial charge is 0.444 e. The Morgan fingerprint density at radius 1 is 1.50 bits per heavy atom. The van der Waals surface area contributed by atoms with Gasteiger partial charge < -0.3 is 10.1 Å². The topological polar surface area (TPSA) is 62.1 Å². The highest BCUT2D eigenvalue weighted by atomic mass is 16.6. The number of ether oxygens (including phenoxy) is 1. The standard InChI is InChI=1S/C14H24N2O2/c1-11(10-15)14(6-5-7-14)8-9-16-12(17)18-13(2,3)4/h11H,5-9H2,1-4H3,(H,16,17). The zero-order chi connectivity index (χ0) is 13.8. The lowest BCUT2D eigenvalue weighted by atomic mass is 9.60. The predicted octanol–water partition coefficient (Wildman–Crippen LogP) is 3.23. The van der Waals surface area contributed by atoms with E-state index in [0.717, 1.165) is 19.3 Å². The molecular formula is C14H24N2O2. The van der Waals surface area contributed by atoms with Gasteiger partial charge in [0.25, 0.3) is 0 Å². The van der Waals surface area contributed by atoms with Gasteiger partial charge in [-0.25, -0.2) is 4.79 Å². The van der Waals surface area contributed by atoms with Crippen molar-refractivity contribution in [3.8, 4) is 6.07 Å². The Bertz CT molecular complexity index is 335. The summed E-state index contributed by atoms with van der Waals surface area (Å²) in [5, 5.41) is 11.8. The Balaban J connectivity index is 2.33.